The summed E-state index contributed by atoms with van der Waals surface area (Å²) in [5.41, 5.74) is 3.64. The molecule has 0 spiro atoms. The Hall–Kier alpha value is -2.10. The van der Waals surface area contributed by atoms with E-state index in [0.29, 0.717) is 12.1 Å². The van der Waals surface area contributed by atoms with Crippen molar-refractivity contribution >= 4 is 5.91 Å². The van der Waals surface area contributed by atoms with Gasteiger partial charge < -0.3 is 5.32 Å². The van der Waals surface area contributed by atoms with Gasteiger partial charge in [-0.25, -0.2) is 4.68 Å². The van der Waals surface area contributed by atoms with E-state index >= 15 is 0 Å². The maximum absolute atomic E-state index is 12.0. The Kier molecular flexibility index (Phi) is 4.00. The Morgan fingerprint density at radius 2 is 2.05 bits per heavy atom. The lowest BCUT2D eigenvalue weighted by atomic mass is 10.2. The maximum Gasteiger partial charge on any atom is 0.254 e. The average Bonchev–Trinajstić information content (AvgIpc) is 2.78. The Labute approximate surface area is 113 Å². The van der Waals surface area contributed by atoms with E-state index in [2.05, 4.69) is 10.4 Å². The summed E-state index contributed by atoms with van der Waals surface area (Å²) in [6.45, 7) is 6.67. The van der Waals surface area contributed by atoms with Crippen LogP contribution >= 0.6 is 0 Å². The van der Waals surface area contributed by atoms with Crippen LogP contribution in [0.25, 0.3) is 5.69 Å². The molecule has 0 saturated carbocycles. The molecule has 19 heavy (non-hydrogen) atoms. The van der Waals surface area contributed by atoms with E-state index in [-0.39, 0.29) is 5.91 Å². The Bertz CT molecular complexity index is 587. The maximum atomic E-state index is 12.0. The first kappa shape index (κ1) is 13.3. The molecule has 0 aliphatic carbocycles. The second kappa shape index (κ2) is 5.69. The second-order valence-electron chi connectivity index (χ2n) is 4.60. The number of hydrogen-bond acceptors (Lipinski definition) is 2. The van der Waals surface area contributed by atoms with Crippen LogP contribution in [0.4, 0.5) is 0 Å². The van der Waals surface area contributed by atoms with Gasteiger partial charge in [0.2, 0.25) is 0 Å². The van der Waals surface area contributed by atoms with Gasteiger partial charge in [0, 0.05) is 6.54 Å². The number of benzene rings is 1. The third-order valence-corrected chi connectivity index (χ3v) is 3.13. The van der Waals surface area contributed by atoms with Crippen molar-refractivity contribution in [2.24, 2.45) is 0 Å². The molecule has 4 nitrogen and oxygen atoms in total. The van der Waals surface area contributed by atoms with Gasteiger partial charge in [0.25, 0.3) is 5.91 Å². The summed E-state index contributed by atoms with van der Waals surface area (Å²) < 4.78 is 1.82. The molecule has 100 valence electrons. The molecular formula is C15H19N3O. The molecule has 0 aliphatic rings. The number of aromatic nitrogens is 2. The van der Waals surface area contributed by atoms with Crippen LogP contribution in [0.1, 0.15) is 35.0 Å². The SMILES string of the molecule is CCCNC(=O)c1cnn(-c2ccccc2C)c1C. The van der Waals surface area contributed by atoms with Crippen molar-refractivity contribution < 1.29 is 4.79 Å². The number of amides is 1. The first-order valence-electron chi connectivity index (χ1n) is 6.54. The number of rotatable bonds is 4. The zero-order valence-corrected chi connectivity index (χ0v) is 11.6. The molecule has 1 aromatic carbocycles. The molecule has 2 rings (SSSR count). The number of hydrogen-bond donors (Lipinski definition) is 1. The first-order chi connectivity index (χ1) is 9.15. The lowest BCUT2D eigenvalue weighted by Crippen LogP contribution is -2.24. The van der Waals surface area contributed by atoms with Gasteiger partial charge in [-0.05, 0) is 31.9 Å². The normalized spacial score (nSPS) is 10.5. The van der Waals surface area contributed by atoms with Crippen LogP contribution in [0, 0.1) is 13.8 Å². The molecule has 1 N–H and O–H groups in total. The molecule has 0 radical (unpaired) electrons. The van der Waals surface area contributed by atoms with Crippen LogP contribution < -0.4 is 5.32 Å². The fourth-order valence-electron chi connectivity index (χ4n) is 2.01. The average molecular weight is 257 g/mol. The molecular weight excluding hydrogens is 238 g/mol. The number of carbonyl (C=O) groups is 1. The summed E-state index contributed by atoms with van der Waals surface area (Å²) in [6, 6.07) is 8.00. The minimum absolute atomic E-state index is 0.0563. The summed E-state index contributed by atoms with van der Waals surface area (Å²) in [5, 5.41) is 7.21. The summed E-state index contributed by atoms with van der Waals surface area (Å²) >= 11 is 0. The number of carbonyl (C=O) groups excluding carboxylic acids is 1. The zero-order valence-electron chi connectivity index (χ0n) is 11.6. The zero-order chi connectivity index (χ0) is 13.8. The summed E-state index contributed by atoms with van der Waals surface area (Å²) in [7, 11) is 0. The minimum atomic E-state index is -0.0563. The Morgan fingerprint density at radius 3 is 2.74 bits per heavy atom. The highest BCUT2D eigenvalue weighted by Crippen LogP contribution is 2.17. The smallest absolute Gasteiger partial charge is 0.254 e. The van der Waals surface area contributed by atoms with E-state index in [4.69, 9.17) is 0 Å². The highest BCUT2D eigenvalue weighted by molar-refractivity contribution is 5.95. The standard InChI is InChI=1S/C15H19N3O/c1-4-9-16-15(19)13-10-17-18(12(13)3)14-8-6-5-7-11(14)2/h5-8,10H,4,9H2,1-3H3,(H,16,19). The molecule has 2 aromatic rings. The molecule has 0 aliphatic heterocycles. The predicted molar refractivity (Wildman–Crippen MR) is 75.7 cm³/mol. The van der Waals surface area contributed by atoms with Gasteiger partial charge in [-0.15, -0.1) is 0 Å². The van der Waals surface area contributed by atoms with Crippen molar-refractivity contribution in [1.29, 1.82) is 0 Å². The Morgan fingerprint density at radius 1 is 1.32 bits per heavy atom. The molecule has 0 atom stereocenters. The topological polar surface area (TPSA) is 46.9 Å². The molecule has 1 heterocycles. The monoisotopic (exact) mass is 257 g/mol. The van der Waals surface area contributed by atoms with Crippen molar-refractivity contribution in [3.63, 3.8) is 0 Å². The summed E-state index contributed by atoms with van der Waals surface area (Å²) in [4.78, 5) is 12.0. The van der Waals surface area contributed by atoms with Crippen LogP contribution in [0.5, 0.6) is 0 Å². The van der Waals surface area contributed by atoms with Crippen LogP contribution in [0.3, 0.4) is 0 Å². The van der Waals surface area contributed by atoms with Crippen LogP contribution in [-0.2, 0) is 0 Å². The molecule has 0 bridgehead atoms. The number of aryl methyl sites for hydroxylation is 1. The third kappa shape index (κ3) is 2.67. The van der Waals surface area contributed by atoms with E-state index in [1.807, 2.05) is 49.7 Å². The lowest BCUT2D eigenvalue weighted by molar-refractivity contribution is 0.0953. The van der Waals surface area contributed by atoms with Gasteiger partial charge in [0.05, 0.1) is 23.1 Å². The van der Waals surface area contributed by atoms with Crippen LogP contribution in [0.2, 0.25) is 0 Å². The van der Waals surface area contributed by atoms with E-state index < -0.39 is 0 Å². The highest BCUT2D eigenvalue weighted by Gasteiger charge is 2.15. The number of para-hydroxylation sites is 1. The van der Waals surface area contributed by atoms with Gasteiger partial charge in [-0.2, -0.15) is 5.10 Å². The number of nitrogens with zero attached hydrogens (tertiary/aromatic N) is 2. The van der Waals surface area contributed by atoms with E-state index in [0.717, 1.165) is 23.4 Å². The molecule has 1 aromatic heterocycles. The van der Waals surface area contributed by atoms with Gasteiger partial charge >= 0.3 is 0 Å². The fourth-order valence-corrected chi connectivity index (χ4v) is 2.01. The van der Waals surface area contributed by atoms with Crippen molar-refractivity contribution in [3.05, 3.63) is 47.3 Å². The van der Waals surface area contributed by atoms with Crippen molar-refractivity contribution in [1.82, 2.24) is 15.1 Å². The predicted octanol–water partition coefficient (Wildman–Crippen LogP) is 2.63. The first-order valence-corrected chi connectivity index (χ1v) is 6.54. The molecule has 0 unspecified atom stereocenters. The molecule has 0 saturated heterocycles. The van der Waals surface area contributed by atoms with Crippen molar-refractivity contribution in [3.8, 4) is 5.69 Å². The second-order valence-corrected chi connectivity index (χ2v) is 4.60. The van der Waals surface area contributed by atoms with Gasteiger partial charge in [-0.3, -0.25) is 4.79 Å². The minimum Gasteiger partial charge on any atom is -0.352 e. The van der Waals surface area contributed by atoms with Gasteiger partial charge in [-0.1, -0.05) is 25.1 Å². The summed E-state index contributed by atoms with van der Waals surface area (Å²) in [5.74, 6) is -0.0563. The van der Waals surface area contributed by atoms with Gasteiger partial charge in [0.1, 0.15) is 0 Å². The lowest BCUT2D eigenvalue weighted by Gasteiger charge is -2.08. The van der Waals surface area contributed by atoms with Crippen LogP contribution in [0.15, 0.2) is 30.5 Å². The molecule has 4 heteroatoms. The van der Waals surface area contributed by atoms with Gasteiger partial charge in [0.15, 0.2) is 0 Å². The molecule has 1 amide bonds. The third-order valence-electron chi connectivity index (χ3n) is 3.13. The highest BCUT2D eigenvalue weighted by atomic mass is 16.1. The van der Waals surface area contributed by atoms with Crippen molar-refractivity contribution in [2.45, 2.75) is 27.2 Å². The van der Waals surface area contributed by atoms with Crippen LogP contribution in [-0.4, -0.2) is 22.2 Å². The quantitative estimate of drug-likeness (QED) is 0.915. The van der Waals surface area contributed by atoms with Crippen molar-refractivity contribution in [2.75, 3.05) is 6.54 Å². The van der Waals surface area contributed by atoms with E-state index in [1.165, 1.54) is 0 Å². The van der Waals surface area contributed by atoms with E-state index in [1.54, 1.807) is 6.20 Å². The van der Waals surface area contributed by atoms with E-state index in [9.17, 15) is 4.79 Å². The number of nitrogens with one attached hydrogen (secondary N) is 1. The Balaban J connectivity index is 2.33. The molecule has 0 fully saturated rings. The summed E-state index contributed by atoms with van der Waals surface area (Å²) in [6.07, 6.45) is 2.56. The fraction of sp³-hybridized carbons (Fsp3) is 0.333. The largest absolute Gasteiger partial charge is 0.352 e.